The van der Waals surface area contributed by atoms with Crippen LogP contribution in [0.15, 0.2) is 23.2 Å². The van der Waals surface area contributed by atoms with Crippen molar-refractivity contribution in [2.45, 2.75) is 25.8 Å². The molecule has 0 unspecified atom stereocenters. The van der Waals surface area contributed by atoms with E-state index in [1.165, 1.54) is 6.07 Å². The van der Waals surface area contributed by atoms with Gasteiger partial charge in [-0.15, -0.1) is 24.0 Å². The van der Waals surface area contributed by atoms with E-state index in [1.54, 1.807) is 7.05 Å². The van der Waals surface area contributed by atoms with Crippen LogP contribution in [0.5, 0.6) is 0 Å². The lowest BCUT2D eigenvalue weighted by Gasteiger charge is -2.41. The average molecular weight is 482 g/mol. The highest BCUT2D eigenvalue weighted by molar-refractivity contribution is 14.0. The fourth-order valence-corrected chi connectivity index (χ4v) is 2.85. The first-order chi connectivity index (χ1) is 11.9. The summed E-state index contributed by atoms with van der Waals surface area (Å²) < 4.78 is 32.2. The van der Waals surface area contributed by atoms with Crippen molar-refractivity contribution in [3.63, 3.8) is 0 Å². The molecule has 0 bridgehead atoms. The monoisotopic (exact) mass is 482 g/mol. The maximum atomic E-state index is 13.6. The van der Waals surface area contributed by atoms with Gasteiger partial charge in [0, 0.05) is 38.8 Å². The lowest BCUT2D eigenvalue weighted by molar-refractivity contribution is -0.00833. The van der Waals surface area contributed by atoms with Crippen LogP contribution < -0.4 is 10.6 Å². The molecule has 1 aliphatic rings. The SMILES string of the molecule is CN=C(NCCc1cc(F)ccc1F)NCC(C)(C)N1CCOCC1.I. The maximum absolute atomic E-state index is 13.6. The van der Waals surface area contributed by atoms with Crippen LogP contribution in [0.2, 0.25) is 0 Å². The summed E-state index contributed by atoms with van der Waals surface area (Å²) in [5.41, 5.74) is 0.326. The molecule has 1 heterocycles. The Morgan fingerprint density at radius 2 is 1.92 bits per heavy atom. The minimum absolute atomic E-state index is 0. The predicted octanol–water partition coefficient (Wildman–Crippen LogP) is 2.40. The zero-order valence-electron chi connectivity index (χ0n) is 15.6. The lowest BCUT2D eigenvalue weighted by atomic mass is 10.0. The van der Waals surface area contributed by atoms with E-state index in [9.17, 15) is 8.78 Å². The Morgan fingerprint density at radius 1 is 1.23 bits per heavy atom. The van der Waals surface area contributed by atoms with Crippen LogP contribution in [-0.2, 0) is 11.2 Å². The fraction of sp³-hybridized carbons (Fsp3) is 0.611. The fourth-order valence-electron chi connectivity index (χ4n) is 2.85. The number of benzene rings is 1. The molecular weight excluding hydrogens is 453 g/mol. The quantitative estimate of drug-likeness (QED) is 0.372. The zero-order valence-corrected chi connectivity index (χ0v) is 18.0. The summed E-state index contributed by atoms with van der Waals surface area (Å²) in [5, 5.41) is 6.45. The molecule has 0 atom stereocenters. The van der Waals surface area contributed by atoms with Crippen LogP contribution >= 0.6 is 24.0 Å². The van der Waals surface area contributed by atoms with Gasteiger partial charge in [-0.25, -0.2) is 8.78 Å². The van der Waals surface area contributed by atoms with Crippen molar-refractivity contribution in [2.75, 3.05) is 46.4 Å². The van der Waals surface area contributed by atoms with Gasteiger partial charge in [-0.1, -0.05) is 0 Å². The molecule has 2 N–H and O–H groups in total. The van der Waals surface area contributed by atoms with E-state index in [2.05, 4.69) is 34.4 Å². The van der Waals surface area contributed by atoms with Crippen molar-refractivity contribution < 1.29 is 13.5 Å². The summed E-state index contributed by atoms with van der Waals surface area (Å²) in [6.07, 6.45) is 0.386. The minimum Gasteiger partial charge on any atom is -0.379 e. The van der Waals surface area contributed by atoms with Gasteiger partial charge in [-0.05, 0) is 44.0 Å². The van der Waals surface area contributed by atoms with Crippen LogP contribution in [0.25, 0.3) is 0 Å². The molecule has 0 aliphatic carbocycles. The van der Waals surface area contributed by atoms with E-state index >= 15 is 0 Å². The topological polar surface area (TPSA) is 48.9 Å². The smallest absolute Gasteiger partial charge is 0.191 e. The molecule has 0 aromatic heterocycles. The Bertz CT molecular complexity index is 593. The van der Waals surface area contributed by atoms with Gasteiger partial charge < -0.3 is 15.4 Å². The van der Waals surface area contributed by atoms with E-state index < -0.39 is 5.82 Å². The van der Waals surface area contributed by atoms with Gasteiger partial charge in [0.05, 0.1) is 13.2 Å². The van der Waals surface area contributed by atoms with Crippen LogP contribution in [0.3, 0.4) is 0 Å². The molecule has 0 spiro atoms. The summed E-state index contributed by atoms with van der Waals surface area (Å²) in [6, 6.07) is 3.51. The summed E-state index contributed by atoms with van der Waals surface area (Å²) in [7, 11) is 1.69. The second-order valence-electron chi connectivity index (χ2n) is 6.75. The van der Waals surface area contributed by atoms with Gasteiger partial charge in [0.1, 0.15) is 11.6 Å². The molecule has 0 radical (unpaired) electrons. The van der Waals surface area contributed by atoms with Crippen molar-refractivity contribution in [3.05, 3.63) is 35.4 Å². The second kappa shape index (κ2) is 11.0. The zero-order chi connectivity index (χ0) is 18.3. The largest absolute Gasteiger partial charge is 0.379 e. The molecule has 5 nitrogen and oxygen atoms in total. The number of ether oxygens (including phenoxy) is 1. The van der Waals surface area contributed by atoms with Crippen molar-refractivity contribution >= 4 is 29.9 Å². The third-order valence-electron chi connectivity index (χ3n) is 4.47. The van der Waals surface area contributed by atoms with Crippen LogP contribution in [0.4, 0.5) is 8.78 Å². The molecule has 8 heteroatoms. The van der Waals surface area contributed by atoms with Gasteiger partial charge in [-0.2, -0.15) is 0 Å². The van der Waals surface area contributed by atoms with Gasteiger partial charge in [0.2, 0.25) is 0 Å². The summed E-state index contributed by atoms with van der Waals surface area (Å²) in [4.78, 5) is 6.58. The number of hydrogen-bond donors (Lipinski definition) is 2. The highest BCUT2D eigenvalue weighted by Gasteiger charge is 2.28. The maximum Gasteiger partial charge on any atom is 0.191 e. The normalized spacial score (nSPS) is 16.1. The Labute approximate surface area is 171 Å². The molecule has 1 aliphatic heterocycles. The number of halogens is 3. The van der Waals surface area contributed by atoms with Crippen LogP contribution in [0, 0.1) is 11.6 Å². The van der Waals surface area contributed by atoms with E-state index in [0.29, 0.717) is 24.5 Å². The lowest BCUT2D eigenvalue weighted by Crippen LogP contribution is -2.56. The van der Waals surface area contributed by atoms with Crippen molar-refractivity contribution in [1.29, 1.82) is 0 Å². The van der Waals surface area contributed by atoms with Gasteiger partial charge in [0.25, 0.3) is 0 Å². The molecule has 1 aromatic rings. The van der Waals surface area contributed by atoms with Crippen LogP contribution in [0.1, 0.15) is 19.4 Å². The Balaban J connectivity index is 0.00000338. The highest BCUT2D eigenvalue weighted by atomic mass is 127. The Kier molecular flexibility index (Phi) is 9.73. The van der Waals surface area contributed by atoms with E-state index in [0.717, 1.165) is 45.0 Å². The number of guanidine groups is 1. The standard InChI is InChI=1S/C18H28F2N4O.HI/c1-18(2,24-8-10-25-11-9-24)13-23-17(21-3)22-7-6-14-12-15(19)4-5-16(14)20;/h4-5,12H,6-11,13H2,1-3H3,(H2,21,22,23);1H. The Morgan fingerprint density at radius 3 is 2.58 bits per heavy atom. The van der Waals surface area contributed by atoms with E-state index in [-0.39, 0.29) is 35.3 Å². The Hall–Kier alpha value is -1.00. The van der Waals surface area contributed by atoms with Crippen LogP contribution in [-0.4, -0.2) is 62.8 Å². The molecule has 2 rings (SSSR count). The first-order valence-corrected chi connectivity index (χ1v) is 8.63. The van der Waals surface area contributed by atoms with E-state index in [4.69, 9.17) is 4.74 Å². The summed E-state index contributed by atoms with van der Waals surface area (Å²) in [6.45, 7) is 8.91. The van der Waals surface area contributed by atoms with Gasteiger partial charge in [0.15, 0.2) is 5.96 Å². The third kappa shape index (κ3) is 6.96. The van der Waals surface area contributed by atoms with E-state index in [1.807, 2.05) is 0 Å². The number of morpholine rings is 1. The highest BCUT2D eigenvalue weighted by Crippen LogP contribution is 2.15. The molecule has 1 aromatic carbocycles. The molecule has 0 amide bonds. The molecule has 0 saturated carbocycles. The molecule has 1 saturated heterocycles. The molecule has 26 heavy (non-hydrogen) atoms. The van der Waals surface area contributed by atoms with Crippen molar-refractivity contribution in [1.82, 2.24) is 15.5 Å². The second-order valence-corrected chi connectivity index (χ2v) is 6.75. The number of rotatable bonds is 6. The summed E-state index contributed by atoms with van der Waals surface area (Å²) >= 11 is 0. The number of aliphatic imine (C=N–C) groups is 1. The third-order valence-corrected chi connectivity index (χ3v) is 4.47. The number of nitrogens with one attached hydrogen (secondary N) is 2. The molecule has 148 valence electrons. The predicted molar refractivity (Wildman–Crippen MR) is 111 cm³/mol. The minimum atomic E-state index is -0.425. The first kappa shape index (κ1) is 23.0. The van der Waals surface area contributed by atoms with Crippen molar-refractivity contribution in [3.8, 4) is 0 Å². The number of hydrogen-bond acceptors (Lipinski definition) is 3. The summed E-state index contributed by atoms with van der Waals surface area (Å²) in [5.74, 6) is -0.163. The first-order valence-electron chi connectivity index (χ1n) is 8.63. The number of nitrogens with zero attached hydrogens (tertiary/aromatic N) is 2. The van der Waals surface area contributed by atoms with Crippen molar-refractivity contribution in [2.24, 2.45) is 4.99 Å². The molecular formula is C18H29F2IN4O. The van der Waals surface area contributed by atoms with Gasteiger partial charge >= 0.3 is 0 Å². The molecule has 1 fully saturated rings. The van der Waals surface area contributed by atoms with Gasteiger partial charge in [-0.3, -0.25) is 9.89 Å². The average Bonchev–Trinajstić information content (AvgIpc) is 2.61.